The zero-order chi connectivity index (χ0) is 18.3. The molecule has 0 amide bonds. The van der Waals surface area contributed by atoms with E-state index in [0.717, 1.165) is 6.42 Å². The van der Waals surface area contributed by atoms with Crippen molar-refractivity contribution >= 4 is 21.7 Å². The summed E-state index contributed by atoms with van der Waals surface area (Å²) in [5.74, 6) is 0.658. The number of hydrogen-bond acceptors (Lipinski definition) is 0. The van der Waals surface area contributed by atoms with Gasteiger partial charge in [-0.15, -0.1) is 0 Å². The van der Waals surface area contributed by atoms with Crippen molar-refractivity contribution in [2.75, 3.05) is 0 Å². The molecule has 1 heterocycles. The maximum absolute atomic E-state index is 2.36. The van der Waals surface area contributed by atoms with Crippen molar-refractivity contribution in [2.45, 2.75) is 27.2 Å². The Balaban J connectivity index is 2.00. The van der Waals surface area contributed by atoms with E-state index in [4.69, 9.17) is 0 Å². The van der Waals surface area contributed by atoms with E-state index < -0.39 is 0 Å². The predicted octanol–water partition coefficient (Wildman–Crippen LogP) is 5.99. The molecule has 0 unspecified atom stereocenters. The highest BCUT2D eigenvalue weighted by molar-refractivity contribution is 5.97. The number of hydrogen-bond donors (Lipinski definition) is 0. The predicted molar refractivity (Wildman–Crippen MR) is 111 cm³/mol. The van der Waals surface area contributed by atoms with Gasteiger partial charge in [0, 0.05) is 17.5 Å². The molecule has 4 aromatic rings. The minimum Gasteiger partial charge on any atom is -0.194 e. The largest absolute Gasteiger partial charge is 0.213 e. The topological polar surface area (TPSA) is 3.88 Å². The fourth-order valence-corrected chi connectivity index (χ4v) is 4.08. The Bertz CT molecular complexity index is 1110. The Kier molecular flexibility index (Phi) is 4.24. The normalized spacial score (nSPS) is 11.6. The monoisotopic (exact) mass is 340 g/mol. The van der Waals surface area contributed by atoms with Crippen LogP contribution in [0, 0.1) is 12.8 Å². The van der Waals surface area contributed by atoms with Crippen molar-refractivity contribution in [1.29, 1.82) is 0 Å². The van der Waals surface area contributed by atoms with Crippen LogP contribution in [-0.2, 0) is 13.5 Å². The minimum absolute atomic E-state index is 0.658. The Morgan fingerprint density at radius 2 is 1.62 bits per heavy atom. The van der Waals surface area contributed by atoms with E-state index in [1.54, 1.807) is 0 Å². The number of rotatable bonds is 3. The Hall–Kier alpha value is -2.67. The van der Waals surface area contributed by atoms with Crippen LogP contribution in [0.3, 0.4) is 0 Å². The van der Waals surface area contributed by atoms with Crippen LogP contribution in [0.15, 0.2) is 66.7 Å². The third-order valence-corrected chi connectivity index (χ3v) is 5.33. The average Bonchev–Trinajstić information content (AvgIpc) is 2.63. The van der Waals surface area contributed by atoms with Gasteiger partial charge < -0.3 is 0 Å². The molecule has 0 aliphatic rings. The molecule has 3 aromatic carbocycles. The van der Waals surface area contributed by atoms with Crippen LogP contribution in [0.25, 0.3) is 32.9 Å². The van der Waals surface area contributed by atoms with E-state index in [-0.39, 0.29) is 0 Å². The third-order valence-electron chi connectivity index (χ3n) is 5.33. The second kappa shape index (κ2) is 6.57. The molecule has 4 rings (SSSR count). The van der Waals surface area contributed by atoms with Gasteiger partial charge in [-0.3, -0.25) is 0 Å². The van der Waals surface area contributed by atoms with Gasteiger partial charge in [-0.25, -0.2) is 0 Å². The summed E-state index contributed by atoms with van der Waals surface area (Å²) in [6.45, 7) is 6.78. The molecule has 0 aliphatic carbocycles. The molecule has 1 aromatic heterocycles. The second-order valence-corrected chi connectivity index (χ2v) is 7.70. The van der Waals surface area contributed by atoms with Crippen molar-refractivity contribution in [3.05, 3.63) is 77.9 Å². The number of aromatic nitrogens is 1. The van der Waals surface area contributed by atoms with Crippen LogP contribution in [-0.4, -0.2) is 0 Å². The minimum atomic E-state index is 0.658. The van der Waals surface area contributed by atoms with Crippen molar-refractivity contribution in [3.63, 3.8) is 0 Å². The van der Waals surface area contributed by atoms with Crippen molar-refractivity contribution < 1.29 is 4.57 Å². The fraction of sp³-hybridized carbons (Fsp3) is 0.240. The van der Waals surface area contributed by atoms with Crippen molar-refractivity contribution in [1.82, 2.24) is 0 Å². The van der Waals surface area contributed by atoms with Crippen LogP contribution >= 0.6 is 0 Å². The van der Waals surface area contributed by atoms with Gasteiger partial charge in [-0.1, -0.05) is 62.4 Å². The lowest BCUT2D eigenvalue weighted by molar-refractivity contribution is -0.633. The maximum atomic E-state index is 2.36. The van der Waals surface area contributed by atoms with Crippen LogP contribution in [0.2, 0.25) is 0 Å². The molecule has 0 aliphatic heterocycles. The quantitative estimate of drug-likeness (QED) is 0.403. The molecule has 0 saturated carbocycles. The van der Waals surface area contributed by atoms with Gasteiger partial charge >= 0.3 is 0 Å². The van der Waals surface area contributed by atoms with Gasteiger partial charge in [0.15, 0.2) is 0 Å². The number of benzene rings is 3. The highest BCUT2D eigenvalue weighted by atomic mass is 14.9. The smallest absolute Gasteiger partial charge is 0.194 e. The number of aryl methyl sites for hydroxylation is 2. The first-order valence-corrected chi connectivity index (χ1v) is 9.45. The van der Waals surface area contributed by atoms with Crippen LogP contribution in [0.1, 0.15) is 25.0 Å². The SMILES string of the molecule is Cc1ccc2ccccc2c1-c1ccc2c(CC(C)C)cccc2[n+]1C. The van der Waals surface area contributed by atoms with Crippen LogP contribution in [0.5, 0.6) is 0 Å². The van der Waals surface area contributed by atoms with Gasteiger partial charge in [0.1, 0.15) is 7.05 Å². The Morgan fingerprint density at radius 3 is 2.42 bits per heavy atom. The highest BCUT2D eigenvalue weighted by Crippen LogP contribution is 2.31. The second-order valence-electron chi connectivity index (χ2n) is 7.70. The molecule has 1 nitrogen and oxygen atoms in total. The number of nitrogens with zero attached hydrogens (tertiary/aromatic N) is 1. The molecule has 0 atom stereocenters. The summed E-state index contributed by atoms with van der Waals surface area (Å²) in [5, 5.41) is 3.98. The summed E-state index contributed by atoms with van der Waals surface area (Å²) in [6, 6.07) is 24.4. The van der Waals surface area contributed by atoms with Crippen LogP contribution < -0.4 is 4.57 Å². The van der Waals surface area contributed by atoms with Gasteiger partial charge in [0.25, 0.3) is 0 Å². The molecule has 0 spiro atoms. The molecule has 0 N–H and O–H groups in total. The van der Waals surface area contributed by atoms with E-state index >= 15 is 0 Å². The first-order chi connectivity index (χ1) is 12.6. The average molecular weight is 340 g/mol. The fourth-order valence-electron chi connectivity index (χ4n) is 4.08. The van der Waals surface area contributed by atoms with Crippen LogP contribution in [0.4, 0.5) is 0 Å². The van der Waals surface area contributed by atoms with Crippen molar-refractivity contribution in [3.8, 4) is 11.3 Å². The number of pyridine rings is 1. The summed E-state index contributed by atoms with van der Waals surface area (Å²) in [6.07, 6.45) is 1.12. The molecular formula is C25H26N+. The zero-order valence-corrected chi connectivity index (χ0v) is 16.1. The summed E-state index contributed by atoms with van der Waals surface area (Å²) >= 11 is 0. The maximum Gasteiger partial charge on any atom is 0.213 e. The highest BCUT2D eigenvalue weighted by Gasteiger charge is 2.19. The molecular weight excluding hydrogens is 314 g/mol. The summed E-state index contributed by atoms with van der Waals surface area (Å²) in [7, 11) is 2.19. The molecule has 1 heteroatoms. The molecule has 26 heavy (non-hydrogen) atoms. The standard InChI is InChI=1S/C25H26N/c1-17(2)16-20-9-7-11-23-21(20)14-15-24(26(23)4)25-18(3)12-13-19-8-5-6-10-22(19)25/h5-15,17H,16H2,1-4H3/q+1. The molecule has 0 bridgehead atoms. The van der Waals surface area contributed by atoms with E-state index in [0.29, 0.717) is 5.92 Å². The summed E-state index contributed by atoms with van der Waals surface area (Å²) < 4.78 is 2.36. The first-order valence-electron chi connectivity index (χ1n) is 9.45. The molecule has 130 valence electrons. The molecule has 0 radical (unpaired) electrons. The summed E-state index contributed by atoms with van der Waals surface area (Å²) in [4.78, 5) is 0. The van der Waals surface area contributed by atoms with Gasteiger partial charge in [-0.2, -0.15) is 4.57 Å². The lowest BCUT2D eigenvalue weighted by Crippen LogP contribution is -2.32. The lowest BCUT2D eigenvalue weighted by atomic mass is 9.94. The first kappa shape index (κ1) is 16.8. The number of fused-ring (bicyclic) bond motifs is 2. The van der Waals surface area contributed by atoms with Gasteiger partial charge in [0.05, 0.1) is 5.56 Å². The molecule has 0 fully saturated rings. The lowest BCUT2D eigenvalue weighted by Gasteiger charge is -2.12. The Morgan fingerprint density at radius 1 is 0.808 bits per heavy atom. The molecule has 0 saturated heterocycles. The van der Waals surface area contributed by atoms with E-state index in [9.17, 15) is 0 Å². The van der Waals surface area contributed by atoms with Gasteiger partial charge in [0.2, 0.25) is 11.2 Å². The van der Waals surface area contributed by atoms with E-state index in [1.807, 2.05) is 0 Å². The zero-order valence-electron chi connectivity index (χ0n) is 16.1. The van der Waals surface area contributed by atoms with E-state index in [1.165, 1.54) is 44.1 Å². The Labute approximate surface area is 155 Å². The van der Waals surface area contributed by atoms with Crippen molar-refractivity contribution in [2.24, 2.45) is 13.0 Å². The third kappa shape index (κ3) is 2.78. The summed E-state index contributed by atoms with van der Waals surface area (Å²) in [5.41, 5.74) is 6.66. The van der Waals surface area contributed by atoms with Gasteiger partial charge in [-0.05, 0) is 47.2 Å². The van der Waals surface area contributed by atoms with E-state index in [2.05, 4.69) is 99.1 Å².